The molecule has 1 fully saturated rings. The zero-order chi connectivity index (χ0) is 21.1. The number of alkyl halides is 3. The predicted octanol–water partition coefficient (Wildman–Crippen LogP) is 3.86. The van der Waals surface area contributed by atoms with Crippen molar-refractivity contribution in [2.75, 3.05) is 25.5 Å². The Hall–Kier alpha value is -1.74. The van der Waals surface area contributed by atoms with Crippen molar-refractivity contribution < 1.29 is 31.9 Å². The first-order valence-corrected chi connectivity index (χ1v) is 11.4. The molecule has 11 heteroatoms. The minimum atomic E-state index is -4.68. The molecule has 1 aliphatic rings. The number of hydrogen-bond acceptors (Lipinski definition) is 6. The van der Waals surface area contributed by atoms with Crippen molar-refractivity contribution in [2.45, 2.75) is 38.1 Å². The summed E-state index contributed by atoms with van der Waals surface area (Å²) in [6, 6.07) is 6.60. The van der Waals surface area contributed by atoms with E-state index in [1.54, 1.807) is 24.3 Å². The lowest BCUT2D eigenvalue weighted by molar-refractivity contribution is -0.159. The average Bonchev–Trinajstić information content (AvgIpc) is 3.18. The average molecular weight is 433 g/mol. The molecule has 0 amide bonds. The molecule has 0 spiro atoms. The number of ether oxygens (including phenoxy) is 1. The lowest BCUT2D eigenvalue weighted by Crippen LogP contribution is -2.42. The van der Waals surface area contributed by atoms with Gasteiger partial charge in [-0.25, -0.2) is 0 Å². The van der Waals surface area contributed by atoms with Gasteiger partial charge in [0.05, 0.1) is 24.9 Å². The van der Waals surface area contributed by atoms with Crippen molar-refractivity contribution >= 4 is 7.37 Å². The topological polar surface area (TPSA) is 97.5 Å². The third-order valence-corrected chi connectivity index (χ3v) is 6.67. The number of benzene rings is 1. The summed E-state index contributed by atoms with van der Waals surface area (Å²) in [5.41, 5.74) is 1.28. The van der Waals surface area contributed by atoms with Gasteiger partial charge in [-0.2, -0.15) is 18.2 Å². The fourth-order valence-corrected chi connectivity index (χ4v) is 4.95. The Bertz CT molecular complexity index is 849. The molecule has 0 bridgehead atoms. The molecule has 3 rings (SSSR count). The Kier molecular flexibility index (Phi) is 6.78. The maximum absolute atomic E-state index is 12.6. The number of halogens is 3. The maximum Gasteiger partial charge on any atom is 0.471 e. The van der Waals surface area contributed by atoms with Gasteiger partial charge in [-0.15, -0.1) is 0 Å². The number of nitrogens with one attached hydrogen (secondary N) is 1. The van der Waals surface area contributed by atoms with Crippen molar-refractivity contribution in [3.05, 3.63) is 35.7 Å². The minimum absolute atomic E-state index is 0.120. The molecular weight excluding hydrogens is 410 g/mol. The van der Waals surface area contributed by atoms with Gasteiger partial charge in [0, 0.05) is 18.3 Å². The zero-order valence-corrected chi connectivity index (χ0v) is 16.7. The van der Waals surface area contributed by atoms with Gasteiger partial charge in [0.25, 0.3) is 0 Å². The second kappa shape index (κ2) is 8.95. The Morgan fingerprint density at radius 1 is 1.31 bits per heavy atom. The quantitative estimate of drug-likeness (QED) is 0.640. The van der Waals surface area contributed by atoms with Crippen molar-refractivity contribution in [3.8, 4) is 11.4 Å². The van der Waals surface area contributed by atoms with Crippen molar-refractivity contribution in [1.29, 1.82) is 0 Å². The van der Waals surface area contributed by atoms with Crippen LogP contribution in [0.25, 0.3) is 11.4 Å². The summed E-state index contributed by atoms with van der Waals surface area (Å²) in [6.07, 6.45) is -2.98. The van der Waals surface area contributed by atoms with Gasteiger partial charge < -0.3 is 19.5 Å². The molecular formula is C18H23F3N3O4P. The van der Waals surface area contributed by atoms with E-state index in [0.717, 1.165) is 12.0 Å². The number of nitrogens with zero attached hydrogens (tertiary/aromatic N) is 2. The van der Waals surface area contributed by atoms with Crippen LogP contribution in [-0.4, -0.2) is 46.6 Å². The Labute approximate surface area is 166 Å². The highest BCUT2D eigenvalue weighted by Crippen LogP contribution is 2.43. The zero-order valence-electron chi connectivity index (χ0n) is 15.9. The fraction of sp³-hybridized carbons (Fsp3) is 0.556. The predicted molar refractivity (Wildman–Crippen MR) is 99.7 cm³/mol. The molecule has 7 nitrogen and oxygen atoms in total. The molecule has 29 heavy (non-hydrogen) atoms. The number of morpholine rings is 1. The monoisotopic (exact) mass is 433 g/mol. The van der Waals surface area contributed by atoms with Gasteiger partial charge >= 0.3 is 12.1 Å². The molecule has 1 aliphatic heterocycles. The van der Waals surface area contributed by atoms with Crippen LogP contribution in [0.2, 0.25) is 0 Å². The van der Waals surface area contributed by atoms with Gasteiger partial charge in [0.15, 0.2) is 0 Å². The van der Waals surface area contributed by atoms with Crippen molar-refractivity contribution in [1.82, 2.24) is 15.5 Å². The molecule has 3 atom stereocenters. The molecule has 160 valence electrons. The molecule has 1 saturated heterocycles. The Balaban J connectivity index is 1.56. The summed E-state index contributed by atoms with van der Waals surface area (Å²) in [7, 11) is -3.19. The van der Waals surface area contributed by atoms with Crippen LogP contribution in [0.15, 0.2) is 28.8 Å². The first-order valence-electron chi connectivity index (χ1n) is 9.35. The summed E-state index contributed by atoms with van der Waals surface area (Å²) in [6.45, 7) is 2.75. The molecule has 2 aromatic rings. The first kappa shape index (κ1) is 22.0. The van der Waals surface area contributed by atoms with Crippen LogP contribution >= 0.6 is 7.37 Å². The molecule has 1 aromatic carbocycles. The van der Waals surface area contributed by atoms with E-state index in [9.17, 15) is 22.6 Å². The van der Waals surface area contributed by atoms with Gasteiger partial charge in [-0.3, -0.25) is 4.57 Å². The van der Waals surface area contributed by atoms with Gasteiger partial charge in [0.2, 0.25) is 13.2 Å². The normalized spacial score (nSPS) is 22.4. The number of hydrogen-bond donors (Lipinski definition) is 2. The molecule has 1 aromatic heterocycles. The van der Waals surface area contributed by atoms with Crippen molar-refractivity contribution in [3.63, 3.8) is 0 Å². The van der Waals surface area contributed by atoms with E-state index < -0.39 is 19.4 Å². The number of unbranched alkanes of at least 4 members (excludes halogenated alkanes) is 1. The second-order valence-corrected chi connectivity index (χ2v) is 9.57. The smallest absolute Gasteiger partial charge is 0.374 e. The summed E-state index contributed by atoms with van der Waals surface area (Å²) >= 11 is 0. The van der Waals surface area contributed by atoms with E-state index >= 15 is 0 Å². The first-order chi connectivity index (χ1) is 13.7. The molecule has 2 N–H and O–H groups in total. The van der Waals surface area contributed by atoms with Gasteiger partial charge in [-0.05, 0) is 12.0 Å². The molecule has 2 heterocycles. The summed E-state index contributed by atoms with van der Waals surface area (Å²) in [4.78, 5) is 13.4. The summed E-state index contributed by atoms with van der Waals surface area (Å²) in [5.74, 6) is -1.52. The van der Waals surface area contributed by atoms with E-state index in [2.05, 4.69) is 20.0 Å². The van der Waals surface area contributed by atoms with Gasteiger partial charge in [-0.1, -0.05) is 42.8 Å². The van der Waals surface area contributed by atoms with E-state index in [1.807, 2.05) is 6.92 Å². The second-order valence-electron chi connectivity index (χ2n) is 7.07. The van der Waals surface area contributed by atoms with Gasteiger partial charge in [0.1, 0.15) is 0 Å². The van der Waals surface area contributed by atoms with Crippen LogP contribution in [0.3, 0.4) is 0 Å². The lowest BCUT2D eigenvalue weighted by atomic mass is 10.0. The molecule has 0 aliphatic carbocycles. The highest BCUT2D eigenvalue weighted by atomic mass is 31.2. The third kappa shape index (κ3) is 5.88. The maximum atomic E-state index is 12.6. The van der Waals surface area contributed by atoms with Crippen LogP contribution in [0.1, 0.15) is 37.3 Å². The number of rotatable bonds is 7. The van der Waals surface area contributed by atoms with Crippen LogP contribution < -0.4 is 5.32 Å². The molecule has 0 radical (unpaired) electrons. The van der Waals surface area contributed by atoms with E-state index in [-0.39, 0.29) is 24.1 Å². The number of aromatic nitrogens is 2. The molecule has 0 saturated carbocycles. The minimum Gasteiger partial charge on any atom is -0.374 e. The van der Waals surface area contributed by atoms with Crippen molar-refractivity contribution in [2.24, 2.45) is 0 Å². The summed E-state index contributed by atoms with van der Waals surface area (Å²) in [5, 5.41) is 6.66. The highest BCUT2D eigenvalue weighted by molar-refractivity contribution is 7.58. The van der Waals surface area contributed by atoms with E-state index in [0.29, 0.717) is 31.3 Å². The van der Waals surface area contributed by atoms with E-state index in [4.69, 9.17) is 4.74 Å². The standard InChI is InChI=1S/C18H23F3N3O4P/c1-2-3-8-29(25,26)11-14-9-22-15(10-27-14)12-4-6-13(7-5-12)16-23-17(28-24-16)18(19,20)21/h4-7,14-15,22H,2-3,8-11H2,1H3,(H,25,26). The van der Waals surface area contributed by atoms with Crippen LogP contribution in [-0.2, 0) is 15.5 Å². The largest absolute Gasteiger partial charge is 0.471 e. The fourth-order valence-electron chi connectivity index (χ4n) is 3.09. The van der Waals surface area contributed by atoms with Crippen LogP contribution in [0.5, 0.6) is 0 Å². The lowest BCUT2D eigenvalue weighted by Gasteiger charge is -2.31. The Morgan fingerprint density at radius 3 is 2.59 bits per heavy atom. The SMILES string of the molecule is CCCCP(=O)(O)CC1CNC(c2ccc(-c3noc(C(F)(F)F)n3)cc2)CO1. The highest BCUT2D eigenvalue weighted by Gasteiger charge is 2.38. The van der Waals surface area contributed by atoms with Crippen LogP contribution in [0, 0.1) is 0 Å². The Morgan fingerprint density at radius 2 is 2.03 bits per heavy atom. The summed E-state index contributed by atoms with van der Waals surface area (Å²) < 4.78 is 59.9. The molecule has 3 unspecified atom stereocenters. The third-order valence-electron chi connectivity index (χ3n) is 4.68. The van der Waals surface area contributed by atoms with Crippen LogP contribution in [0.4, 0.5) is 13.2 Å². The van der Waals surface area contributed by atoms with E-state index in [1.165, 1.54) is 0 Å².